The van der Waals surface area contributed by atoms with E-state index in [1.165, 1.54) is 6.20 Å². The van der Waals surface area contributed by atoms with Gasteiger partial charge < -0.3 is 10.1 Å². The van der Waals surface area contributed by atoms with Crippen LogP contribution in [0.4, 0.5) is 0 Å². The summed E-state index contributed by atoms with van der Waals surface area (Å²) in [6.45, 7) is 0. The Hall–Kier alpha value is -4.04. The molecule has 0 aliphatic rings. The van der Waals surface area contributed by atoms with E-state index in [1.54, 1.807) is 29.8 Å². The molecule has 3 N–H and O–H groups in total. The number of thiophene rings is 1. The van der Waals surface area contributed by atoms with Crippen LogP contribution in [0.5, 0.6) is 5.75 Å². The third-order valence-electron chi connectivity index (χ3n) is 5.11. The van der Waals surface area contributed by atoms with Gasteiger partial charge in [-0.15, -0.1) is 0 Å². The molecule has 0 fully saturated rings. The van der Waals surface area contributed by atoms with Crippen LogP contribution in [0.3, 0.4) is 0 Å². The maximum absolute atomic E-state index is 9.75. The number of aromatic amines is 2. The van der Waals surface area contributed by atoms with Gasteiger partial charge in [-0.25, -0.2) is 4.98 Å². The molecule has 0 radical (unpaired) electrons. The summed E-state index contributed by atoms with van der Waals surface area (Å²) in [5, 5.41) is 23.4. The highest BCUT2D eigenvalue weighted by molar-refractivity contribution is 7.08. The Morgan fingerprint density at radius 1 is 0.867 bits per heavy atom. The van der Waals surface area contributed by atoms with Gasteiger partial charge in [-0.2, -0.15) is 16.4 Å². The number of rotatable bonds is 3. The third kappa shape index (κ3) is 2.66. The average Bonchev–Trinajstić information content (AvgIpc) is 3.51. The van der Waals surface area contributed by atoms with Crippen LogP contribution in [0.1, 0.15) is 0 Å². The first-order chi connectivity index (χ1) is 14.8. The van der Waals surface area contributed by atoms with E-state index in [-0.39, 0.29) is 5.75 Å². The van der Waals surface area contributed by atoms with Crippen LogP contribution < -0.4 is 0 Å². The van der Waals surface area contributed by atoms with Gasteiger partial charge in [-0.1, -0.05) is 0 Å². The molecule has 0 bridgehead atoms. The number of aromatic nitrogens is 6. The zero-order chi connectivity index (χ0) is 20.1. The number of hydrogen-bond donors (Lipinski definition) is 3. The number of H-pyrrole nitrogens is 2. The van der Waals surface area contributed by atoms with Crippen molar-refractivity contribution in [2.45, 2.75) is 0 Å². The minimum Gasteiger partial charge on any atom is -0.506 e. The molecule has 0 spiro atoms. The summed E-state index contributed by atoms with van der Waals surface area (Å²) in [6.07, 6.45) is 8.55. The van der Waals surface area contributed by atoms with Crippen LogP contribution in [-0.2, 0) is 0 Å². The third-order valence-corrected chi connectivity index (χ3v) is 5.80. The largest absolute Gasteiger partial charge is 0.506 e. The molecule has 6 aromatic rings. The zero-order valence-corrected chi connectivity index (χ0v) is 16.3. The topological polar surface area (TPSA) is 103 Å². The second-order valence-electron chi connectivity index (χ2n) is 6.97. The lowest BCUT2D eigenvalue weighted by molar-refractivity contribution is 0.473. The van der Waals surface area contributed by atoms with Crippen molar-refractivity contribution >= 4 is 33.3 Å². The number of nitrogens with zero attached hydrogens (tertiary/aromatic N) is 4. The van der Waals surface area contributed by atoms with Gasteiger partial charge in [0.15, 0.2) is 5.65 Å². The van der Waals surface area contributed by atoms with Crippen molar-refractivity contribution in [3.63, 3.8) is 0 Å². The minimum absolute atomic E-state index is 0.115. The van der Waals surface area contributed by atoms with E-state index in [2.05, 4.69) is 53.0 Å². The Balaban J connectivity index is 1.52. The van der Waals surface area contributed by atoms with E-state index in [0.717, 1.165) is 49.9 Å². The summed E-state index contributed by atoms with van der Waals surface area (Å²) >= 11 is 1.66. The van der Waals surface area contributed by atoms with Gasteiger partial charge in [0.2, 0.25) is 0 Å². The summed E-state index contributed by atoms with van der Waals surface area (Å²) in [6, 6.07) is 7.87. The molecule has 6 aromatic heterocycles. The van der Waals surface area contributed by atoms with E-state index in [0.29, 0.717) is 5.65 Å². The number of nitrogens with one attached hydrogen (secondary N) is 2. The second kappa shape index (κ2) is 6.50. The van der Waals surface area contributed by atoms with Gasteiger partial charge in [0, 0.05) is 46.1 Å². The van der Waals surface area contributed by atoms with Crippen LogP contribution in [0.15, 0.2) is 66.0 Å². The monoisotopic (exact) mass is 410 g/mol. The lowest BCUT2D eigenvalue weighted by Crippen LogP contribution is -1.84. The predicted octanol–water partition coefficient (Wildman–Crippen LogP) is 5.00. The molecule has 30 heavy (non-hydrogen) atoms. The minimum atomic E-state index is 0.115. The molecule has 0 saturated carbocycles. The summed E-state index contributed by atoms with van der Waals surface area (Å²) in [7, 11) is 0. The number of fused-ring (bicyclic) bond motifs is 2. The fourth-order valence-corrected chi connectivity index (χ4v) is 4.34. The quantitative estimate of drug-likeness (QED) is 0.381. The fourth-order valence-electron chi connectivity index (χ4n) is 3.68. The molecule has 0 atom stereocenters. The molecule has 144 valence electrons. The predicted molar refractivity (Wildman–Crippen MR) is 117 cm³/mol. The standard InChI is InChI=1S/C22H14N6OS/c29-15-3-13(6-23-8-15)14-4-17-21(27-28-22(17)25-7-14)19-5-16-18(12-1-2-30-11-12)9-24-10-20(16)26-19/h1-11,26,29H,(H,25,27,28). The Labute approximate surface area is 174 Å². The second-order valence-corrected chi connectivity index (χ2v) is 7.75. The molecule has 0 aliphatic heterocycles. The van der Waals surface area contributed by atoms with Crippen LogP contribution in [-0.4, -0.2) is 35.2 Å². The summed E-state index contributed by atoms with van der Waals surface area (Å²) < 4.78 is 0. The number of aromatic hydroxyl groups is 1. The molecule has 0 saturated heterocycles. The lowest BCUT2D eigenvalue weighted by atomic mass is 10.1. The molecule has 6 heterocycles. The average molecular weight is 410 g/mol. The van der Waals surface area contributed by atoms with E-state index in [9.17, 15) is 5.11 Å². The Morgan fingerprint density at radius 2 is 1.77 bits per heavy atom. The molecule has 0 aliphatic carbocycles. The zero-order valence-electron chi connectivity index (χ0n) is 15.5. The molecular weight excluding hydrogens is 396 g/mol. The highest BCUT2D eigenvalue weighted by Gasteiger charge is 2.15. The molecule has 7 nitrogen and oxygen atoms in total. The Morgan fingerprint density at radius 3 is 2.63 bits per heavy atom. The summed E-state index contributed by atoms with van der Waals surface area (Å²) in [4.78, 5) is 16.4. The SMILES string of the molecule is Oc1cncc(-c2cnc3n[nH]c(-c4cc5c(-c6ccsc6)cncc5[nH]4)c3c2)c1. The van der Waals surface area contributed by atoms with Gasteiger partial charge >= 0.3 is 0 Å². The van der Waals surface area contributed by atoms with Gasteiger partial charge in [-0.3, -0.25) is 15.1 Å². The van der Waals surface area contributed by atoms with Crippen LogP contribution >= 0.6 is 11.3 Å². The molecule has 0 aromatic carbocycles. The van der Waals surface area contributed by atoms with E-state index >= 15 is 0 Å². The van der Waals surface area contributed by atoms with Crippen molar-refractivity contribution < 1.29 is 5.11 Å². The maximum atomic E-state index is 9.75. The Bertz CT molecular complexity index is 1520. The smallest absolute Gasteiger partial charge is 0.181 e. The highest BCUT2D eigenvalue weighted by atomic mass is 32.1. The van der Waals surface area contributed by atoms with Crippen molar-refractivity contribution in [1.29, 1.82) is 0 Å². The lowest BCUT2D eigenvalue weighted by Gasteiger charge is -2.02. The van der Waals surface area contributed by atoms with Crippen molar-refractivity contribution in [3.8, 4) is 39.4 Å². The van der Waals surface area contributed by atoms with Gasteiger partial charge in [0.05, 0.1) is 29.3 Å². The van der Waals surface area contributed by atoms with Crippen molar-refractivity contribution in [2.24, 2.45) is 0 Å². The Kier molecular flexibility index (Phi) is 3.65. The van der Waals surface area contributed by atoms with Gasteiger partial charge in [0.25, 0.3) is 0 Å². The van der Waals surface area contributed by atoms with E-state index in [4.69, 9.17) is 0 Å². The highest BCUT2D eigenvalue weighted by Crippen LogP contribution is 2.34. The normalized spacial score (nSPS) is 11.5. The van der Waals surface area contributed by atoms with Crippen LogP contribution in [0.2, 0.25) is 0 Å². The van der Waals surface area contributed by atoms with E-state index in [1.807, 2.05) is 18.5 Å². The molecule has 0 unspecified atom stereocenters. The van der Waals surface area contributed by atoms with Crippen LogP contribution in [0, 0.1) is 0 Å². The first-order valence-electron chi connectivity index (χ1n) is 9.24. The van der Waals surface area contributed by atoms with Gasteiger partial charge in [0.1, 0.15) is 5.75 Å². The van der Waals surface area contributed by atoms with E-state index < -0.39 is 0 Å². The molecule has 6 rings (SSSR count). The van der Waals surface area contributed by atoms with Crippen molar-refractivity contribution in [2.75, 3.05) is 0 Å². The molecular formula is C22H14N6OS. The van der Waals surface area contributed by atoms with Crippen molar-refractivity contribution in [1.82, 2.24) is 30.1 Å². The number of pyridine rings is 3. The number of hydrogen-bond acceptors (Lipinski definition) is 6. The first kappa shape index (κ1) is 16.9. The molecule has 0 amide bonds. The summed E-state index contributed by atoms with van der Waals surface area (Å²) in [5.74, 6) is 0.115. The first-order valence-corrected chi connectivity index (χ1v) is 10.2. The van der Waals surface area contributed by atoms with Crippen molar-refractivity contribution in [3.05, 3.63) is 66.0 Å². The summed E-state index contributed by atoms with van der Waals surface area (Å²) in [5.41, 5.74) is 7.21. The van der Waals surface area contributed by atoms with Gasteiger partial charge in [-0.05, 0) is 40.6 Å². The molecule has 8 heteroatoms. The van der Waals surface area contributed by atoms with Crippen LogP contribution in [0.25, 0.3) is 55.6 Å². The maximum Gasteiger partial charge on any atom is 0.181 e. The fraction of sp³-hybridized carbons (Fsp3) is 0.